The number of furan rings is 1. The molecule has 0 spiro atoms. The Morgan fingerprint density at radius 2 is 1.44 bits per heavy atom. The first-order valence-electron chi connectivity index (χ1n) is 10.9. The van der Waals surface area contributed by atoms with Crippen molar-refractivity contribution in [3.63, 3.8) is 0 Å². The number of carbonyl (C=O) groups excluding carboxylic acids is 2. The molecule has 1 atom stereocenters. The van der Waals surface area contributed by atoms with E-state index >= 15 is 0 Å². The smallest absolute Gasteiger partial charge is 0.326 e. The summed E-state index contributed by atoms with van der Waals surface area (Å²) < 4.78 is 5.60. The lowest BCUT2D eigenvalue weighted by molar-refractivity contribution is -0.140. The number of hydrogen-bond acceptors (Lipinski definition) is 4. The minimum absolute atomic E-state index is 0.230. The van der Waals surface area contributed by atoms with Crippen LogP contribution in [0.4, 0.5) is 5.69 Å². The van der Waals surface area contributed by atoms with Gasteiger partial charge in [0.25, 0.3) is 11.8 Å². The van der Waals surface area contributed by atoms with Crippen LogP contribution in [-0.2, 0) is 4.79 Å². The van der Waals surface area contributed by atoms with Crippen LogP contribution in [0, 0.1) is 5.92 Å². The van der Waals surface area contributed by atoms with Crippen LogP contribution in [0.1, 0.15) is 34.8 Å². The average Bonchev–Trinajstić information content (AvgIpc) is 3.27. The molecule has 0 radical (unpaired) electrons. The highest BCUT2D eigenvalue weighted by Crippen LogP contribution is 2.24. The van der Waals surface area contributed by atoms with Gasteiger partial charge in [0, 0.05) is 16.6 Å². The Labute approximate surface area is 196 Å². The first-order chi connectivity index (χ1) is 16.3. The SMILES string of the molecule is CC(C)[C@H](NC(=O)c1ccc(-c2ccc(NC(=O)c3cc4ccccc4o3)cc2)cc1)C(=O)O. The summed E-state index contributed by atoms with van der Waals surface area (Å²) in [7, 11) is 0. The van der Waals surface area contributed by atoms with Crippen molar-refractivity contribution in [1.82, 2.24) is 5.32 Å². The van der Waals surface area contributed by atoms with E-state index in [0.717, 1.165) is 16.5 Å². The number of anilines is 1. The number of carboxylic acids is 1. The molecule has 34 heavy (non-hydrogen) atoms. The van der Waals surface area contributed by atoms with Gasteiger partial charge in [-0.25, -0.2) is 4.79 Å². The largest absolute Gasteiger partial charge is 0.480 e. The minimum atomic E-state index is -1.06. The standard InChI is InChI=1S/C27H24N2O5/c1-16(2)24(27(32)33)29-25(30)19-9-7-17(8-10-19)18-11-13-21(14-12-18)28-26(31)23-15-20-5-3-4-6-22(20)34-23/h3-16,24H,1-2H3,(H,28,31)(H,29,30)(H,32,33)/t24-/m0/s1. The molecule has 0 aliphatic carbocycles. The van der Waals surface area contributed by atoms with E-state index in [2.05, 4.69) is 10.6 Å². The van der Waals surface area contributed by atoms with E-state index in [1.165, 1.54) is 0 Å². The van der Waals surface area contributed by atoms with Crippen LogP contribution in [0.3, 0.4) is 0 Å². The van der Waals surface area contributed by atoms with Crippen LogP contribution in [0.2, 0.25) is 0 Å². The molecule has 0 aliphatic heterocycles. The van der Waals surface area contributed by atoms with Gasteiger partial charge in [0.05, 0.1) is 0 Å². The topological polar surface area (TPSA) is 109 Å². The minimum Gasteiger partial charge on any atom is -0.480 e. The van der Waals surface area contributed by atoms with Gasteiger partial charge in [0.2, 0.25) is 0 Å². The van der Waals surface area contributed by atoms with E-state index in [1.807, 2.05) is 36.4 Å². The maximum atomic E-state index is 12.5. The molecular weight excluding hydrogens is 432 g/mol. The predicted molar refractivity (Wildman–Crippen MR) is 130 cm³/mol. The first-order valence-corrected chi connectivity index (χ1v) is 10.9. The Morgan fingerprint density at radius 3 is 2.03 bits per heavy atom. The summed E-state index contributed by atoms with van der Waals surface area (Å²) in [4.78, 5) is 36.2. The highest BCUT2D eigenvalue weighted by atomic mass is 16.4. The molecule has 3 aromatic carbocycles. The predicted octanol–water partition coefficient (Wildman–Crippen LogP) is 5.19. The Hall–Kier alpha value is -4.39. The fraction of sp³-hybridized carbons (Fsp3) is 0.148. The summed E-state index contributed by atoms with van der Waals surface area (Å²) in [6.07, 6.45) is 0. The average molecular weight is 456 g/mol. The third-order valence-electron chi connectivity index (χ3n) is 5.49. The van der Waals surface area contributed by atoms with E-state index in [4.69, 9.17) is 4.42 Å². The molecule has 2 amide bonds. The number of fused-ring (bicyclic) bond motifs is 1. The van der Waals surface area contributed by atoms with E-state index in [0.29, 0.717) is 16.8 Å². The lowest BCUT2D eigenvalue weighted by atomic mass is 10.0. The van der Waals surface area contributed by atoms with Gasteiger partial charge >= 0.3 is 5.97 Å². The normalized spacial score (nSPS) is 11.9. The number of amides is 2. The van der Waals surface area contributed by atoms with Crippen molar-refractivity contribution >= 4 is 34.4 Å². The fourth-order valence-electron chi connectivity index (χ4n) is 3.58. The molecule has 0 saturated carbocycles. The fourth-order valence-corrected chi connectivity index (χ4v) is 3.58. The van der Waals surface area contributed by atoms with Gasteiger partial charge in [0.1, 0.15) is 11.6 Å². The third-order valence-corrected chi connectivity index (χ3v) is 5.49. The number of rotatable bonds is 7. The number of nitrogens with one attached hydrogen (secondary N) is 2. The van der Waals surface area contributed by atoms with Crippen molar-refractivity contribution < 1.29 is 23.9 Å². The van der Waals surface area contributed by atoms with Crippen molar-refractivity contribution in [1.29, 1.82) is 0 Å². The second-order valence-corrected chi connectivity index (χ2v) is 8.29. The maximum Gasteiger partial charge on any atom is 0.326 e. The van der Waals surface area contributed by atoms with Gasteiger partial charge in [-0.3, -0.25) is 9.59 Å². The monoisotopic (exact) mass is 456 g/mol. The van der Waals surface area contributed by atoms with Gasteiger partial charge in [-0.2, -0.15) is 0 Å². The lowest BCUT2D eigenvalue weighted by Gasteiger charge is -2.18. The van der Waals surface area contributed by atoms with E-state index in [9.17, 15) is 19.5 Å². The van der Waals surface area contributed by atoms with Crippen LogP contribution in [0.5, 0.6) is 0 Å². The summed E-state index contributed by atoms with van der Waals surface area (Å²) in [5, 5.41) is 15.5. The summed E-state index contributed by atoms with van der Waals surface area (Å²) >= 11 is 0. The maximum absolute atomic E-state index is 12.5. The molecule has 0 fully saturated rings. The third kappa shape index (κ3) is 4.99. The molecule has 0 unspecified atom stereocenters. The first kappa shape index (κ1) is 22.8. The second kappa shape index (κ2) is 9.62. The van der Waals surface area contributed by atoms with Crippen molar-refractivity contribution in [3.8, 4) is 11.1 Å². The summed E-state index contributed by atoms with van der Waals surface area (Å²) in [6.45, 7) is 3.48. The Morgan fingerprint density at radius 1 is 0.824 bits per heavy atom. The molecule has 3 N–H and O–H groups in total. The summed E-state index contributed by atoms with van der Waals surface area (Å²) in [5.74, 6) is -1.82. The summed E-state index contributed by atoms with van der Waals surface area (Å²) in [6, 6.07) is 22.4. The van der Waals surface area contributed by atoms with Crippen LogP contribution in [0.15, 0.2) is 83.3 Å². The van der Waals surface area contributed by atoms with Gasteiger partial charge in [0.15, 0.2) is 5.76 Å². The highest BCUT2D eigenvalue weighted by Gasteiger charge is 2.23. The van der Waals surface area contributed by atoms with Crippen LogP contribution >= 0.6 is 0 Å². The quantitative estimate of drug-likeness (QED) is 0.355. The van der Waals surface area contributed by atoms with Crippen molar-refractivity contribution in [2.45, 2.75) is 19.9 Å². The molecule has 172 valence electrons. The zero-order valence-electron chi connectivity index (χ0n) is 18.7. The molecule has 0 bridgehead atoms. The second-order valence-electron chi connectivity index (χ2n) is 8.29. The molecule has 4 aromatic rings. The highest BCUT2D eigenvalue weighted by molar-refractivity contribution is 6.04. The van der Waals surface area contributed by atoms with E-state index in [1.54, 1.807) is 56.3 Å². The van der Waals surface area contributed by atoms with E-state index < -0.39 is 17.9 Å². The molecule has 1 heterocycles. The Balaban J connectivity index is 1.42. The molecular formula is C27H24N2O5. The van der Waals surface area contributed by atoms with E-state index in [-0.39, 0.29) is 17.6 Å². The lowest BCUT2D eigenvalue weighted by Crippen LogP contribution is -2.44. The number of hydrogen-bond donors (Lipinski definition) is 3. The van der Waals surface area contributed by atoms with Gasteiger partial charge in [-0.15, -0.1) is 0 Å². The Bertz CT molecular complexity index is 1300. The van der Waals surface area contributed by atoms with Crippen molar-refractivity contribution in [2.24, 2.45) is 5.92 Å². The number of carbonyl (C=O) groups is 3. The zero-order valence-corrected chi connectivity index (χ0v) is 18.7. The number of aliphatic carboxylic acids is 1. The molecule has 7 heteroatoms. The number of para-hydroxylation sites is 1. The summed E-state index contributed by atoms with van der Waals surface area (Å²) in [5.41, 5.74) is 3.44. The van der Waals surface area contributed by atoms with Gasteiger partial charge in [-0.1, -0.05) is 56.3 Å². The molecule has 4 rings (SSSR count). The molecule has 0 aliphatic rings. The zero-order chi connectivity index (χ0) is 24.2. The van der Waals surface area contributed by atoms with Crippen LogP contribution in [0.25, 0.3) is 22.1 Å². The van der Waals surface area contributed by atoms with Crippen molar-refractivity contribution in [2.75, 3.05) is 5.32 Å². The van der Waals surface area contributed by atoms with Crippen LogP contribution in [-0.4, -0.2) is 28.9 Å². The van der Waals surface area contributed by atoms with Crippen molar-refractivity contribution in [3.05, 3.63) is 90.2 Å². The number of carboxylic acid groups (broad SMARTS) is 1. The number of benzene rings is 3. The molecule has 0 saturated heterocycles. The Kier molecular flexibility index (Phi) is 6.45. The van der Waals surface area contributed by atoms with Gasteiger partial charge < -0.3 is 20.2 Å². The molecule has 7 nitrogen and oxygen atoms in total. The van der Waals surface area contributed by atoms with Gasteiger partial charge in [-0.05, 0) is 53.4 Å². The van der Waals surface area contributed by atoms with Crippen LogP contribution < -0.4 is 10.6 Å². The molecule has 1 aromatic heterocycles.